The highest BCUT2D eigenvalue weighted by Crippen LogP contribution is 2.27. The molecule has 3 heterocycles. The van der Waals surface area contributed by atoms with Crippen LogP contribution < -0.4 is 5.56 Å². The molecule has 5 aromatic rings. The van der Waals surface area contributed by atoms with Crippen LogP contribution in [0.25, 0.3) is 22.4 Å². The van der Waals surface area contributed by atoms with Crippen molar-refractivity contribution < 1.29 is 18.0 Å². The second-order valence-corrected chi connectivity index (χ2v) is 8.63. The van der Waals surface area contributed by atoms with E-state index in [1.54, 1.807) is 31.0 Å². The molecule has 0 fully saturated rings. The van der Waals surface area contributed by atoms with E-state index in [-0.39, 0.29) is 30.7 Å². The number of furan rings is 1. The Labute approximate surface area is 210 Å². The maximum absolute atomic E-state index is 13.6. The first kappa shape index (κ1) is 24.0. The summed E-state index contributed by atoms with van der Waals surface area (Å²) in [6.45, 7) is 1.69. The van der Waals surface area contributed by atoms with Crippen LogP contribution in [0.1, 0.15) is 40.0 Å². The van der Waals surface area contributed by atoms with E-state index in [0.29, 0.717) is 17.0 Å². The second-order valence-electron chi connectivity index (χ2n) is 8.63. The number of carbonyl (C=O) groups is 1. The Morgan fingerprint density at radius 1 is 1.14 bits per heavy atom. The van der Waals surface area contributed by atoms with E-state index in [1.807, 2.05) is 24.3 Å². The van der Waals surface area contributed by atoms with Crippen LogP contribution in [0.15, 0.2) is 64.0 Å². The molecule has 37 heavy (non-hydrogen) atoms. The summed E-state index contributed by atoms with van der Waals surface area (Å²) >= 11 is 0. The number of halogens is 2. The second kappa shape index (κ2) is 9.74. The molecule has 0 saturated carbocycles. The molecule has 0 amide bonds. The third-order valence-electron chi connectivity index (χ3n) is 6.28. The number of Topliss-reactive ketones (excluding diaryl/α,β-unsaturated/α-hetero) is 1. The van der Waals surface area contributed by atoms with Gasteiger partial charge < -0.3 is 4.42 Å². The zero-order valence-electron chi connectivity index (χ0n) is 20.1. The lowest BCUT2D eigenvalue weighted by molar-refractivity contribution is 0.0982. The molecule has 186 valence electrons. The summed E-state index contributed by atoms with van der Waals surface area (Å²) in [7, 11) is 1.65. The van der Waals surface area contributed by atoms with E-state index >= 15 is 0 Å². The third kappa shape index (κ3) is 4.61. The minimum Gasteiger partial charge on any atom is -0.463 e. The molecule has 0 saturated heterocycles. The van der Waals surface area contributed by atoms with E-state index in [4.69, 9.17) is 4.42 Å². The third-order valence-corrected chi connectivity index (χ3v) is 6.28. The van der Waals surface area contributed by atoms with Crippen molar-refractivity contribution in [1.82, 2.24) is 19.6 Å². The van der Waals surface area contributed by atoms with Crippen LogP contribution in [0, 0.1) is 30.4 Å². The summed E-state index contributed by atoms with van der Waals surface area (Å²) in [6.07, 6.45) is 1.94. The summed E-state index contributed by atoms with van der Waals surface area (Å²) in [5.41, 5.74) is 2.82. The van der Waals surface area contributed by atoms with Gasteiger partial charge in [-0.3, -0.25) is 19.4 Å². The number of rotatable bonds is 6. The fourth-order valence-corrected chi connectivity index (χ4v) is 4.24. The average molecular weight is 501 g/mol. The average Bonchev–Trinajstić information content (AvgIpc) is 3.60. The predicted molar refractivity (Wildman–Crippen MR) is 134 cm³/mol. The van der Waals surface area contributed by atoms with Crippen molar-refractivity contribution >= 4 is 16.7 Å². The van der Waals surface area contributed by atoms with Gasteiger partial charge in [-0.1, -0.05) is 17.9 Å². The minimum atomic E-state index is -0.990. The van der Waals surface area contributed by atoms with Gasteiger partial charge in [0.15, 0.2) is 23.2 Å². The fourth-order valence-electron chi connectivity index (χ4n) is 4.24. The van der Waals surface area contributed by atoms with Crippen molar-refractivity contribution in [3.05, 3.63) is 99.2 Å². The number of benzene rings is 2. The van der Waals surface area contributed by atoms with Gasteiger partial charge in [-0.05, 0) is 55.0 Å². The summed E-state index contributed by atoms with van der Waals surface area (Å²) in [5.74, 6) is 4.45. The maximum Gasteiger partial charge on any atom is 0.278 e. The molecule has 0 aliphatic carbocycles. The van der Waals surface area contributed by atoms with E-state index in [0.717, 1.165) is 34.3 Å². The Morgan fingerprint density at radius 3 is 2.73 bits per heavy atom. The van der Waals surface area contributed by atoms with E-state index < -0.39 is 17.2 Å². The molecule has 2 aromatic carbocycles. The number of aromatic amines is 1. The number of ketones is 1. The molecule has 0 unspecified atom stereocenters. The maximum atomic E-state index is 13.6. The zero-order valence-corrected chi connectivity index (χ0v) is 20.1. The van der Waals surface area contributed by atoms with Gasteiger partial charge in [0.05, 0.1) is 18.3 Å². The van der Waals surface area contributed by atoms with Crippen LogP contribution in [0.2, 0.25) is 0 Å². The Bertz CT molecular complexity index is 1750. The highest BCUT2D eigenvalue weighted by Gasteiger charge is 2.21. The number of hydrogen-bond donors (Lipinski definition) is 1. The Hall–Kier alpha value is -4.71. The lowest BCUT2D eigenvalue weighted by Crippen LogP contribution is -2.25. The fraction of sp³-hybridized carbons (Fsp3) is 0.179. The van der Waals surface area contributed by atoms with Gasteiger partial charge in [-0.15, -0.1) is 0 Å². The van der Waals surface area contributed by atoms with Crippen LogP contribution in [0.3, 0.4) is 0 Å². The van der Waals surface area contributed by atoms with Gasteiger partial charge in [0.2, 0.25) is 0 Å². The predicted octanol–water partition coefficient (Wildman–Crippen LogP) is 4.97. The first-order valence-corrected chi connectivity index (χ1v) is 11.6. The summed E-state index contributed by atoms with van der Waals surface area (Å²) in [4.78, 5) is 25.9. The zero-order chi connectivity index (χ0) is 26.1. The molecule has 0 aliphatic heterocycles. The molecule has 0 aliphatic rings. The van der Waals surface area contributed by atoms with Crippen LogP contribution in [0.5, 0.6) is 0 Å². The van der Waals surface area contributed by atoms with E-state index in [1.165, 1.54) is 10.7 Å². The first-order valence-electron chi connectivity index (χ1n) is 11.6. The van der Waals surface area contributed by atoms with Crippen molar-refractivity contribution in [1.29, 1.82) is 0 Å². The number of fused-ring (bicyclic) bond motifs is 1. The highest BCUT2D eigenvalue weighted by atomic mass is 19.2. The SMILES string of the molecule is Cc1c(C(=O)CCC#Cc2ccc3c(-c4ccco4)n[nH]c3c2)c(=O)n(Cc2ccc(F)c(F)c2)n1C. The van der Waals surface area contributed by atoms with Crippen LogP contribution in [0.4, 0.5) is 8.78 Å². The number of nitrogens with zero attached hydrogens (tertiary/aromatic N) is 3. The Morgan fingerprint density at radius 2 is 1.97 bits per heavy atom. The number of nitrogens with one attached hydrogen (secondary N) is 1. The molecular formula is C28H22F2N4O3. The van der Waals surface area contributed by atoms with Gasteiger partial charge in [0, 0.05) is 36.5 Å². The van der Waals surface area contributed by atoms with Crippen molar-refractivity contribution in [3.8, 4) is 23.3 Å². The van der Waals surface area contributed by atoms with Gasteiger partial charge in [0.1, 0.15) is 11.3 Å². The molecule has 3 aromatic heterocycles. The number of hydrogen-bond acceptors (Lipinski definition) is 4. The lowest BCUT2D eigenvalue weighted by Gasteiger charge is -2.08. The summed E-state index contributed by atoms with van der Waals surface area (Å²) in [6, 6.07) is 12.8. The van der Waals surface area contributed by atoms with Crippen LogP contribution >= 0.6 is 0 Å². The lowest BCUT2D eigenvalue weighted by atomic mass is 10.1. The van der Waals surface area contributed by atoms with Crippen molar-refractivity contribution in [2.45, 2.75) is 26.3 Å². The quantitative estimate of drug-likeness (QED) is 0.263. The molecule has 0 bridgehead atoms. The molecule has 5 rings (SSSR count). The molecule has 0 atom stereocenters. The van der Waals surface area contributed by atoms with Crippen molar-refractivity contribution in [2.75, 3.05) is 0 Å². The standard InChI is InChI=1S/C28H22F2N4O3/c1-17-26(28(36)34(33(17)2)16-19-10-12-21(29)22(30)14-19)24(35)7-4-3-6-18-9-11-20-23(15-18)31-32-27(20)25-8-5-13-37-25/h5,8-15H,4,7,16H2,1-2H3,(H,31,32). The summed E-state index contributed by atoms with van der Waals surface area (Å²) < 4.78 is 35.1. The van der Waals surface area contributed by atoms with E-state index in [9.17, 15) is 18.4 Å². The molecule has 1 N–H and O–H groups in total. The topological polar surface area (TPSA) is 85.8 Å². The van der Waals surface area contributed by atoms with Gasteiger partial charge in [0.25, 0.3) is 5.56 Å². The van der Waals surface area contributed by atoms with E-state index in [2.05, 4.69) is 22.0 Å². The molecule has 7 nitrogen and oxygen atoms in total. The highest BCUT2D eigenvalue weighted by molar-refractivity contribution is 5.97. The summed E-state index contributed by atoms with van der Waals surface area (Å²) in [5, 5.41) is 8.20. The first-order chi connectivity index (χ1) is 17.8. The normalized spacial score (nSPS) is 11.0. The monoisotopic (exact) mass is 500 g/mol. The van der Waals surface area contributed by atoms with Crippen molar-refractivity contribution in [3.63, 3.8) is 0 Å². The van der Waals surface area contributed by atoms with Crippen LogP contribution in [-0.2, 0) is 13.6 Å². The molecule has 0 radical (unpaired) electrons. The molecule has 9 heteroatoms. The van der Waals surface area contributed by atoms with Crippen molar-refractivity contribution in [2.24, 2.45) is 7.05 Å². The Kier molecular flexibility index (Phi) is 6.32. The smallest absolute Gasteiger partial charge is 0.278 e. The largest absolute Gasteiger partial charge is 0.463 e. The van der Waals surface area contributed by atoms with Gasteiger partial charge in [-0.25, -0.2) is 13.5 Å². The minimum absolute atomic E-state index is 0.0121. The van der Waals surface area contributed by atoms with Gasteiger partial charge >= 0.3 is 0 Å². The van der Waals surface area contributed by atoms with Gasteiger partial charge in [-0.2, -0.15) is 5.10 Å². The number of aromatic nitrogens is 4. The number of carbonyl (C=O) groups excluding carboxylic acids is 1. The van der Waals surface area contributed by atoms with Crippen LogP contribution in [-0.4, -0.2) is 25.3 Å². The number of H-pyrrole nitrogens is 1. The Balaban J connectivity index is 1.28. The molecule has 0 spiro atoms. The molecular weight excluding hydrogens is 478 g/mol.